The Hall–Kier alpha value is -0.580. The van der Waals surface area contributed by atoms with Crippen LogP contribution in [0.2, 0.25) is 0 Å². The lowest BCUT2D eigenvalue weighted by Crippen LogP contribution is -2.33. The minimum absolute atomic E-state index is 0.645. The molecule has 0 bridgehead atoms. The van der Waals surface area contributed by atoms with Gasteiger partial charge in [0.25, 0.3) is 0 Å². The lowest BCUT2D eigenvalue weighted by atomic mass is 10.1. The van der Waals surface area contributed by atoms with Crippen LogP contribution in [0, 0.1) is 0 Å². The van der Waals surface area contributed by atoms with Crippen molar-refractivity contribution in [2.24, 2.45) is 0 Å². The van der Waals surface area contributed by atoms with Gasteiger partial charge in [0.2, 0.25) is 0 Å². The fourth-order valence-electron chi connectivity index (χ4n) is 2.79. The number of nitrogens with one attached hydrogen (secondary N) is 2. The normalized spacial score (nSPS) is 21.9. The summed E-state index contributed by atoms with van der Waals surface area (Å²) in [5.74, 6) is 1.10. The van der Waals surface area contributed by atoms with Crippen molar-refractivity contribution in [3.8, 4) is 5.75 Å². The molecule has 1 saturated heterocycles. The number of fused-ring (bicyclic) bond motifs is 1. The third kappa shape index (κ3) is 2.71. The Morgan fingerprint density at radius 1 is 1.44 bits per heavy atom. The van der Waals surface area contributed by atoms with Crippen LogP contribution in [0.5, 0.6) is 5.75 Å². The molecule has 2 N–H and O–H groups in total. The van der Waals surface area contributed by atoms with Gasteiger partial charge in [0.05, 0.1) is 6.61 Å². The third-order valence-electron chi connectivity index (χ3n) is 3.69. The smallest absolute Gasteiger partial charge is 0.127 e. The SMILES string of the molecule is Brc1cc2c(c(CNCC3CCCN3)c1)OCC2. The van der Waals surface area contributed by atoms with Crippen LogP contribution in [0.4, 0.5) is 0 Å². The van der Waals surface area contributed by atoms with Gasteiger partial charge in [-0.05, 0) is 37.1 Å². The molecule has 18 heavy (non-hydrogen) atoms. The van der Waals surface area contributed by atoms with Gasteiger partial charge in [-0.15, -0.1) is 0 Å². The molecular weight excluding hydrogens is 292 g/mol. The molecule has 1 aromatic carbocycles. The molecule has 1 unspecified atom stereocenters. The third-order valence-corrected chi connectivity index (χ3v) is 4.15. The van der Waals surface area contributed by atoms with Gasteiger partial charge < -0.3 is 15.4 Å². The quantitative estimate of drug-likeness (QED) is 0.894. The van der Waals surface area contributed by atoms with Gasteiger partial charge in [-0.25, -0.2) is 0 Å². The van der Waals surface area contributed by atoms with Crippen molar-refractivity contribution in [1.29, 1.82) is 0 Å². The van der Waals surface area contributed by atoms with E-state index in [1.54, 1.807) is 0 Å². The molecule has 3 rings (SSSR count). The summed E-state index contributed by atoms with van der Waals surface area (Å²) in [6, 6.07) is 4.98. The maximum Gasteiger partial charge on any atom is 0.127 e. The highest BCUT2D eigenvalue weighted by atomic mass is 79.9. The first-order valence-corrected chi connectivity index (χ1v) is 7.50. The average molecular weight is 311 g/mol. The van der Waals surface area contributed by atoms with Crippen LogP contribution in [-0.2, 0) is 13.0 Å². The van der Waals surface area contributed by atoms with Crippen LogP contribution in [0.3, 0.4) is 0 Å². The zero-order chi connectivity index (χ0) is 12.4. The topological polar surface area (TPSA) is 33.3 Å². The van der Waals surface area contributed by atoms with E-state index in [2.05, 4.69) is 38.7 Å². The summed E-state index contributed by atoms with van der Waals surface area (Å²) in [6.45, 7) is 3.92. The molecular formula is C14H19BrN2O. The first kappa shape index (κ1) is 12.5. The fraction of sp³-hybridized carbons (Fsp3) is 0.571. The molecule has 0 radical (unpaired) electrons. The van der Waals surface area contributed by atoms with Crippen molar-refractivity contribution >= 4 is 15.9 Å². The molecule has 2 aliphatic rings. The van der Waals surface area contributed by atoms with Crippen LogP contribution in [0.15, 0.2) is 16.6 Å². The first-order valence-electron chi connectivity index (χ1n) is 6.71. The monoisotopic (exact) mass is 310 g/mol. The number of hydrogen-bond donors (Lipinski definition) is 2. The van der Waals surface area contributed by atoms with Crippen LogP contribution in [-0.4, -0.2) is 25.7 Å². The summed E-state index contributed by atoms with van der Waals surface area (Å²) < 4.78 is 6.89. The number of hydrogen-bond acceptors (Lipinski definition) is 3. The Labute approximate surface area is 116 Å². The first-order chi connectivity index (χ1) is 8.83. The highest BCUT2D eigenvalue weighted by molar-refractivity contribution is 9.10. The molecule has 2 aliphatic heterocycles. The van der Waals surface area contributed by atoms with E-state index in [9.17, 15) is 0 Å². The van der Waals surface area contributed by atoms with E-state index in [0.717, 1.165) is 36.3 Å². The highest BCUT2D eigenvalue weighted by Gasteiger charge is 2.18. The van der Waals surface area contributed by atoms with Gasteiger partial charge in [0.15, 0.2) is 0 Å². The molecule has 98 valence electrons. The molecule has 1 aromatic rings. The van der Waals surface area contributed by atoms with Crippen molar-refractivity contribution in [2.45, 2.75) is 31.8 Å². The lowest BCUT2D eigenvalue weighted by Gasteiger charge is -2.13. The second kappa shape index (κ2) is 5.59. The van der Waals surface area contributed by atoms with Crippen LogP contribution < -0.4 is 15.4 Å². The molecule has 2 heterocycles. The molecule has 0 aromatic heterocycles. The largest absolute Gasteiger partial charge is 0.493 e. The zero-order valence-corrected chi connectivity index (χ0v) is 12.1. The van der Waals surface area contributed by atoms with E-state index < -0.39 is 0 Å². The summed E-state index contributed by atoms with van der Waals surface area (Å²) in [5.41, 5.74) is 2.61. The van der Waals surface area contributed by atoms with Crippen molar-refractivity contribution in [1.82, 2.24) is 10.6 Å². The highest BCUT2D eigenvalue weighted by Crippen LogP contribution is 2.32. The van der Waals surface area contributed by atoms with Gasteiger partial charge >= 0.3 is 0 Å². The Morgan fingerprint density at radius 3 is 3.22 bits per heavy atom. The van der Waals surface area contributed by atoms with Crippen molar-refractivity contribution in [3.63, 3.8) is 0 Å². The van der Waals surface area contributed by atoms with Gasteiger partial charge in [-0.2, -0.15) is 0 Å². The maximum atomic E-state index is 5.73. The summed E-state index contributed by atoms with van der Waals surface area (Å²) in [7, 11) is 0. The van der Waals surface area contributed by atoms with Gasteiger partial charge in [0, 0.05) is 35.6 Å². The standard InChI is InChI=1S/C14H19BrN2O/c15-12-6-10-3-5-18-14(10)11(7-12)8-16-9-13-2-1-4-17-13/h6-7,13,16-17H,1-5,8-9H2. The molecule has 0 aliphatic carbocycles. The molecule has 1 atom stereocenters. The number of halogens is 1. The predicted molar refractivity (Wildman–Crippen MR) is 76.1 cm³/mol. The average Bonchev–Trinajstić information content (AvgIpc) is 2.98. The summed E-state index contributed by atoms with van der Waals surface area (Å²) in [6.07, 6.45) is 3.63. The molecule has 0 spiro atoms. The zero-order valence-electron chi connectivity index (χ0n) is 10.5. The van der Waals surface area contributed by atoms with Crippen LogP contribution >= 0.6 is 15.9 Å². The minimum atomic E-state index is 0.645. The van der Waals surface area contributed by atoms with Crippen LogP contribution in [0.1, 0.15) is 24.0 Å². The van der Waals surface area contributed by atoms with E-state index in [0.29, 0.717) is 6.04 Å². The van der Waals surface area contributed by atoms with E-state index in [1.807, 2.05) is 0 Å². The van der Waals surface area contributed by atoms with Crippen molar-refractivity contribution < 1.29 is 4.74 Å². The Bertz CT molecular complexity index is 430. The maximum absolute atomic E-state index is 5.73. The van der Waals surface area contributed by atoms with E-state index >= 15 is 0 Å². The van der Waals surface area contributed by atoms with Gasteiger partial charge in [-0.3, -0.25) is 0 Å². The second-order valence-electron chi connectivity index (χ2n) is 5.08. The predicted octanol–water partition coefficient (Wildman–Crippen LogP) is 2.23. The molecule has 3 nitrogen and oxygen atoms in total. The van der Waals surface area contributed by atoms with E-state index in [1.165, 1.54) is 30.5 Å². The van der Waals surface area contributed by atoms with Crippen LogP contribution in [0.25, 0.3) is 0 Å². The molecule has 0 saturated carbocycles. The van der Waals surface area contributed by atoms with E-state index in [4.69, 9.17) is 4.74 Å². The number of ether oxygens (including phenoxy) is 1. The minimum Gasteiger partial charge on any atom is -0.493 e. The summed E-state index contributed by atoms with van der Waals surface area (Å²) >= 11 is 3.58. The Morgan fingerprint density at radius 2 is 2.39 bits per heavy atom. The molecule has 0 amide bonds. The van der Waals surface area contributed by atoms with Gasteiger partial charge in [0.1, 0.15) is 5.75 Å². The molecule has 1 fully saturated rings. The number of benzene rings is 1. The number of rotatable bonds is 4. The van der Waals surface area contributed by atoms with E-state index in [-0.39, 0.29) is 0 Å². The summed E-state index contributed by atoms with van der Waals surface area (Å²) in [4.78, 5) is 0. The Balaban J connectivity index is 1.61. The van der Waals surface area contributed by atoms with Crippen molar-refractivity contribution in [2.75, 3.05) is 19.7 Å². The second-order valence-corrected chi connectivity index (χ2v) is 5.99. The Kier molecular flexibility index (Phi) is 3.87. The van der Waals surface area contributed by atoms with Crippen molar-refractivity contribution in [3.05, 3.63) is 27.7 Å². The van der Waals surface area contributed by atoms with Gasteiger partial charge in [-0.1, -0.05) is 15.9 Å². The molecule has 4 heteroatoms. The lowest BCUT2D eigenvalue weighted by molar-refractivity contribution is 0.352. The summed E-state index contributed by atoms with van der Waals surface area (Å²) in [5, 5.41) is 7.04. The fourth-order valence-corrected chi connectivity index (χ4v) is 3.34.